The van der Waals surface area contributed by atoms with Crippen molar-refractivity contribution in [2.24, 2.45) is 0 Å². The molecule has 0 fully saturated rings. The van der Waals surface area contributed by atoms with Crippen LogP contribution in [0.4, 0.5) is 13.2 Å². The maximum Gasteiger partial charge on any atom is 0.357 e. The van der Waals surface area contributed by atoms with Crippen molar-refractivity contribution >= 4 is 37.8 Å². The average Bonchev–Trinajstić information content (AvgIpc) is 2.45. The Labute approximate surface area is 105 Å². The number of carboxylic acids is 1. The molecule has 0 amide bonds. The van der Waals surface area contributed by atoms with Gasteiger partial charge in [-0.2, -0.15) is 0 Å². The van der Waals surface area contributed by atoms with Crippen molar-refractivity contribution < 1.29 is 23.1 Å². The van der Waals surface area contributed by atoms with E-state index in [0.29, 0.717) is 0 Å². The number of halogens is 5. The van der Waals surface area contributed by atoms with E-state index in [-0.39, 0.29) is 15.0 Å². The number of aromatic nitrogens is 2. The quantitative estimate of drug-likeness (QED) is 0.892. The maximum absolute atomic E-state index is 12.8. The summed E-state index contributed by atoms with van der Waals surface area (Å²) < 4.78 is 37.7. The Hall–Kier alpha value is -0.570. The lowest BCUT2D eigenvalue weighted by atomic mass is 10.4. The molecule has 1 aromatic rings. The number of hydrogen-bond donors (Lipinski definition) is 1. The summed E-state index contributed by atoms with van der Waals surface area (Å²) in [7, 11) is 0. The van der Waals surface area contributed by atoms with Crippen molar-refractivity contribution in [3.63, 3.8) is 0 Å². The molecule has 16 heavy (non-hydrogen) atoms. The van der Waals surface area contributed by atoms with Gasteiger partial charge >= 0.3 is 5.97 Å². The molecule has 1 unspecified atom stereocenters. The van der Waals surface area contributed by atoms with Gasteiger partial charge in [0.05, 0.1) is 6.54 Å². The molecule has 1 N–H and O–H groups in total. The van der Waals surface area contributed by atoms with Crippen LogP contribution < -0.4 is 0 Å². The first-order chi connectivity index (χ1) is 7.34. The lowest BCUT2D eigenvalue weighted by Gasteiger charge is -2.09. The summed E-state index contributed by atoms with van der Waals surface area (Å²) in [6, 6.07) is 0. The van der Waals surface area contributed by atoms with Gasteiger partial charge in [0.15, 0.2) is 16.6 Å². The van der Waals surface area contributed by atoms with Crippen LogP contribution in [-0.4, -0.2) is 33.2 Å². The topological polar surface area (TPSA) is 55.1 Å². The minimum absolute atomic E-state index is 0.0277. The second-order valence-electron chi connectivity index (χ2n) is 2.79. The van der Waals surface area contributed by atoms with E-state index in [1.54, 1.807) is 0 Å². The summed E-state index contributed by atoms with van der Waals surface area (Å²) in [6.45, 7) is -0.681. The number of rotatable bonds is 4. The number of aromatic carboxylic acids is 1. The van der Waals surface area contributed by atoms with Crippen LogP contribution in [-0.2, 0) is 6.54 Å². The van der Waals surface area contributed by atoms with E-state index in [1.807, 2.05) is 0 Å². The van der Waals surface area contributed by atoms with Crippen LogP contribution >= 0.6 is 31.9 Å². The Bertz CT molecular complexity index is 411. The van der Waals surface area contributed by atoms with Gasteiger partial charge < -0.3 is 9.67 Å². The fourth-order valence-corrected chi connectivity index (χ4v) is 2.26. The third kappa shape index (κ3) is 2.76. The average molecular weight is 366 g/mol. The Morgan fingerprint density at radius 1 is 1.44 bits per heavy atom. The summed E-state index contributed by atoms with van der Waals surface area (Å²) in [5.41, 5.74) is -0.367. The summed E-state index contributed by atoms with van der Waals surface area (Å²) in [5.74, 6) is -1.33. The zero-order valence-electron chi connectivity index (χ0n) is 7.50. The van der Waals surface area contributed by atoms with E-state index in [0.717, 1.165) is 4.57 Å². The van der Waals surface area contributed by atoms with E-state index in [1.165, 1.54) is 0 Å². The molecule has 0 saturated carbocycles. The molecular weight excluding hydrogens is 361 g/mol. The SMILES string of the molecule is O=C(O)c1nc(Br)n(CC(F)C(F)F)c1Br. The van der Waals surface area contributed by atoms with Crippen LogP contribution in [0.3, 0.4) is 0 Å². The molecule has 90 valence electrons. The Balaban J connectivity index is 3.01. The number of hydrogen-bond acceptors (Lipinski definition) is 2. The maximum atomic E-state index is 12.8. The van der Waals surface area contributed by atoms with Gasteiger partial charge in [-0.05, 0) is 31.9 Å². The number of alkyl halides is 3. The first kappa shape index (κ1) is 13.5. The van der Waals surface area contributed by atoms with Gasteiger partial charge in [0.1, 0.15) is 4.60 Å². The highest BCUT2D eigenvalue weighted by Gasteiger charge is 2.25. The highest BCUT2D eigenvalue weighted by molar-refractivity contribution is 9.11. The smallest absolute Gasteiger partial charge is 0.357 e. The number of imidazole rings is 1. The lowest BCUT2D eigenvalue weighted by molar-refractivity contribution is 0.0399. The van der Waals surface area contributed by atoms with Crippen molar-refractivity contribution in [3.05, 3.63) is 15.0 Å². The molecule has 0 radical (unpaired) electrons. The Kier molecular flexibility index (Phi) is 4.36. The van der Waals surface area contributed by atoms with Gasteiger partial charge in [0.25, 0.3) is 6.43 Å². The molecule has 1 atom stereocenters. The van der Waals surface area contributed by atoms with Crippen LogP contribution in [0.25, 0.3) is 0 Å². The monoisotopic (exact) mass is 364 g/mol. The number of carbonyl (C=O) groups is 1. The second kappa shape index (κ2) is 5.17. The molecule has 0 aromatic carbocycles. The predicted octanol–water partition coefficient (Wildman–Crippen LogP) is 2.71. The van der Waals surface area contributed by atoms with Crippen molar-refractivity contribution in [3.8, 4) is 0 Å². The largest absolute Gasteiger partial charge is 0.476 e. The van der Waals surface area contributed by atoms with Crippen LogP contribution in [0.2, 0.25) is 0 Å². The van der Waals surface area contributed by atoms with E-state index in [2.05, 4.69) is 36.8 Å². The first-order valence-corrected chi connectivity index (χ1v) is 5.50. The zero-order valence-corrected chi connectivity index (χ0v) is 10.7. The Morgan fingerprint density at radius 3 is 2.38 bits per heavy atom. The molecule has 1 aromatic heterocycles. The van der Waals surface area contributed by atoms with Crippen molar-refractivity contribution in [1.29, 1.82) is 0 Å². The molecule has 0 bridgehead atoms. The van der Waals surface area contributed by atoms with E-state index < -0.39 is 25.1 Å². The van der Waals surface area contributed by atoms with Gasteiger partial charge in [-0.15, -0.1) is 0 Å². The van der Waals surface area contributed by atoms with E-state index in [4.69, 9.17) is 5.11 Å². The highest BCUT2D eigenvalue weighted by atomic mass is 79.9. The molecule has 0 aliphatic rings. The standard InChI is InChI=1S/C7H5Br2F3N2O2/c8-4-3(6(15)16)13-7(9)14(4)1-2(10)5(11)12/h2,5H,1H2,(H,15,16). The van der Waals surface area contributed by atoms with Crippen LogP contribution in [0.5, 0.6) is 0 Å². The molecule has 0 aliphatic carbocycles. The fourth-order valence-electron chi connectivity index (χ4n) is 0.953. The summed E-state index contributed by atoms with van der Waals surface area (Å²) in [6.07, 6.45) is -5.52. The molecule has 1 rings (SSSR count). The van der Waals surface area contributed by atoms with Crippen molar-refractivity contribution in [2.45, 2.75) is 19.1 Å². The first-order valence-electron chi connectivity index (χ1n) is 3.91. The third-order valence-electron chi connectivity index (χ3n) is 1.69. The number of nitrogens with zero attached hydrogens (tertiary/aromatic N) is 2. The van der Waals surface area contributed by atoms with Gasteiger partial charge in [0, 0.05) is 0 Å². The van der Waals surface area contributed by atoms with Crippen LogP contribution in [0, 0.1) is 0 Å². The predicted molar refractivity (Wildman–Crippen MR) is 55.5 cm³/mol. The van der Waals surface area contributed by atoms with Gasteiger partial charge in [-0.25, -0.2) is 22.9 Å². The molecule has 0 spiro atoms. The summed E-state index contributed by atoms with van der Waals surface area (Å²) in [4.78, 5) is 14.2. The molecule has 9 heteroatoms. The van der Waals surface area contributed by atoms with Gasteiger partial charge in [0.2, 0.25) is 0 Å². The fraction of sp³-hybridized carbons (Fsp3) is 0.429. The lowest BCUT2D eigenvalue weighted by Crippen LogP contribution is -2.20. The molecule has 4 nitrogen and oxygen atoms in total. The normalized spacial score (nSPS) is 13.1. The second-order valence-corrected chi connectivity index (χ2v) is 4.25. The minimum Gasteiger partial charge on any atom is -0.476 e. The summed E-state index contributed by atoms with van der Waals surface area (Å²) in [5, 5.41) is 8.68. The highest BCUT2D eigenvalue weighted by Crippen LogP contribution is 2.24. The van der Waals surface area contributed by atoms with Gasteiger partial charge in [-0.1, -0.05) is 0 Å². The zero-order chi connectivity index (χ0) is 12.5. The molecule has 0 saturated heterocycles. The molecular formula is C7H5Br2F3N2O2. The van der Waals surface area contributed by atoms with E-state index >= 15 is 0 Å². The van der Waals surface area contributed by atoms with Crippen LogP contribution in [0.15, 0.2) is 9.34 Å². The van der Waals surface area contributed by atoms with Crippen molar-refractivity contribution in [1.82, 2.24) is 9.55 Å². The molecule has 0 aliphatic heterocycles. The van der Waals surface area contributed by atoms with Gasteiger partial charge in [-0.3, -0.25) is 0 Å². The summed E-state index contributed by atoms with van der Waals surface area (Å²) >= 11 is 5.72. The van der Waals surface area contributed by atoms with Crippen molar-refractivity contribution in [2.75, 3.05) is 0 Å². The number of carboxylic acid groups (broad SMARTS) is 1. The minimum atomic E-state index is -3.13. The van der Waals surface area contributed by atoms with Crippen LogP contribution in [0.1, 0.15) is 10.5 Å². The molecule has 1 heterocycles. The third-order valence-corrected chi connectivity index (χ3v) is 3.10. The Morgan fingerprint density at radius 2 is 2.00 bits per heavy atom. The van der Waals surface area contributed by atoms with E-state index in [9.17, 15) is 18.0 Å².